The molecule has 0 aliphatic carbocycles. The van der Waals surface area contributed by atoms with Gasteiger partial charge in [-0.25, -0.2) is 4.98 Å². The minimum atomic E-state index is 1.04. The second-order valence-electron chi connectivity index (χ2n) is 3.18. The lowest BCUT2D eigenvalue weighted by Crippen LogP contribution is -2.13. The maximum absolute atomic E-state index is 4.47. The summed E-state index contributed by atoms with van der Waals surface area (Å²) in [5.74, 6) is 1.09. The van der Waals surface area contributed by atoms with Crippen molar-refractivity contribution in [1.82, 2.24) is 4.98 Å². The summed E-state index contributed by atoms with van der Waals surface area (Å²) in [5.41, 5.74) is 2.39. The minimum absolute atomic E-state index is 1.04. The zero-order valence-corrected chi connectivity index (χ0v) is 12.3. The molecule has 16 heavy (non-hydrogen) atoms. The maximum Gasteiger partial charge on any atom is 0.131 e. The number of nitrogens with zero attached hydrogens (tertiary/aromatic N) is 2. The van der Waals surface area contributed by atoms with Gasteiger partial charge in [-0.05, 0) is 25.0 Å². The van der Waals surface area contributed by atoms with Crippen molar-refractivity contribution in [3.8, 4) is 0 Å². The van der Waals surface area contributed by atoms with E-state index < -0.39 is 0 Å². The maximum atomic E-state index is 4.47. The molecule has 94 valence electrons. The number of pyridine rings is 1. The summed E-state index contributed by atoms with van der Waals surface area (Å²) in [6, 6.07) is 4.21. The van der Waals surface area contributed by atoms with E-state index in [0.29, 0.717) is 0 Å². The average molecular weight is 224 g/mol. The van der Waals surface area contributed by atoms with E-state index in [-0.39, 0.29) is 0 Å². The molecule has 0 amide bonds. The van der Waals surface area contributed by atoms with Crippen LogP contribution < -0.4 is 4.90 Å². The first-order chi connectivity index (χ1) is 7.65. The predicted octanol–water partition coefficient (Wildman–Crippen LogP) is 4.07. The summed E-state index contributed by atoms with van der Waals surface area (Å²) >= 11 is 0. The van der Waals surface area contributed by atoms with Crippen molar-refractivity contribution in [3.05, 3.63) is 23.4 Å². The second-order valence-corrected chi connectivity index (χ2v) is 3.18. The minimum Gasteiger partial charge on any atom is -0.363 e. The normalized spacial score (nSPS) is 8.25. The lowest BCUT2D eigenvalue weighted by atomic mass is 10.2. The molecule has 1 rings (SSSR count). The fraction of sp³-hybridized carbons (Fsp3) is 0.643. The van der Waals surface area contributed by atoms with E-state index in [9.17, 15) is 0 Å². The summed E-state index contributed by atoms with van der Waals surface area (Å²) in [4.78, 5) is 6.53. The zero-order chi connectivity index (χ0) is 13.1. The molecule has 1 heterocycles. The molecule has 0 aliphatic heterocycles. The topological polar surface area (TPSA) is 16.1 Å². The SMILES string of the molecule is CC.CC.CCc1ccc(C)nc1N(C)C. The molecule has 0 bridgehead atoms. The smallest absolute Gasteiger partial charge is 0.131 e. The van der Waals surface area contributed by atoms with E-state index >= 15 is 0 Å². The Balaban J connectivity index is 0. The fourth-order valence-corrected chi connectivity index (χ4v) is 1.24. The van der Waals surface area contributed by atoms with Gasteiger partial charge in [-0.2, -0.15) is 0 Å². The van der Waals surface area contributed by atoms with Gasteiger partial charge in [0.1, 0.15) is 5.82 Å². The molecule has 0 fully saturated rings. The summed E-state index contributed by atoms with van der Waals surface area (Å²) in [6.07, 6.45) is 1.04. The van der Waals surface area contributed by atoms with Crippen molar-refractivity contribution in [1.29, 1.82) is 0 Å². The van der Waals surface area contributed by atoms with Gasteiger partial charge in [-0.1, -0.05) is 40.7 Å². The molecule has 0 aromatic carbocycles. The molecule has 0 radical (unpaired) electrons. The van der Waals surface area contributed by atoms with Crippen molar-refractivity contribution in [2.75, 3.05) is 19.0 Å². The first-order valence-electron chi connectivity index (χ1n) is 6.29. The van der Waals surface area contributed by atoms with Crippen LogP contribution in [0.2, 0.25) is 0 Å². The molecule has 2 heteroatoms. The van der Waals surface area contributed by atoms with E-state index in [1.54, 1.807) is 0 Å². The number of aromatic nitrogens is 1. The van der Waals surface area contributed by atoms with Crippen LogP contribution in [0.25, 0.3) is 0 Å². The lowest BCUT2D eigenvalue weighted by Gasteiger charge is -2.15. The van der Waals surface area contributed by atoms with Crippen LogP contribution in [-0.4, -0.2) is 19.1 Å². The highest BCUT2D eigenvalue weighted by molar-refractivity contribution is 5.46. The van der Waals surface area contributed by atoms with Crippen LogP contribution in [-0.2, 0) is 6.42 Å². The van der Waals surface area contributed by atoms with Gasteiger partial charge in [-0.3, -0.25) is 0 Å². The highest BCUT2D eigenvalue weighted by Crippen LogP contribution is 2.16. The van der Waals surface area contributed by atoms with Gasteiger partial charge in [-0.15, -0.1) is 0 Å². The Labute approximate surface area is 102 Å². The lowest BCUT2D eigenvalue weighted by molar-refractivity contribution is 0.990. The molecule has 2 nitrogen and oxygen atoms in total. The monoisotopic (exact) mass is 224 g/mol. The van der Waals surface area contributed by atoms with Crippen LogP contribution in [0.3, 0.4) is 0 Å². The van der Waals surface area contributed by atoms with Crippen molar-refractivity contribution >= 4 is 5.82 Å². The molecular weight excluding hydrogens is 196 g/mol. The van der Waals surface area contributed by atoms with E-state index in [0.717, 1.165) is 17.9 Å². The summed E-state index contributed by atoms with van der Waals surface area (Å²) in [6.45, 7) is 12.2. The van der Waals surface area contributed by atoms with Crippen molar-refractivity contribution in [3.63, 3.8) is 0 Å². The van der Waals surface area contributed by atoms with Gasteiger partial charge in [0.15, 0.2) is 0 Å². The molecule has 0 spiro atoms. The largest absolute Gasteiger partial charge is 0.363 e. The Bertz CT molecular complexity index is 267. The third kappa shape index (κ3) is 5.74. The van der Waals surface area contributed by atoms with Crippen LogP contribution in [0.5, 0.6) is 0 Å². The van der Waals surface area contributed by atoms with E-state index in [1.165, 1.54) is 5.56 Å². The van der Waals surface area contributed by atoms with Gasteiger partial charge in [0.05, 0.1) is 0 Å². The van der Waals surface area contributed by atoms with Crippen LogP contribution in [0.4, 0.5) is 5.82 Å². The van der Waals surface area contributed by atoms with Gasteiger partial charge >= 0.3 is 0 Å². The number of hydrogen-bond donors (Lipinski definition) is 0. The standard InChI is InChI=1S/C10H16N2.2C2H6/c1-5-9-7-6-8(2)11-10(9)12(3)4;2*1-2/h6-7H,5H2,1-4H3;2*1-2H3. The fourth-order valence-electron chi connectivity index (χ4n) is 1.24. The Morgan fingerprint density at radius 3 is 1.94 bits per heavy atom. The first kappa shape index (κ1) is 17.3. The highest BCUT2D eigenvalue weighted by Gasteiger charge is 2.03. The highest BCUT2D eigenvalue weighted by atomic mass is 15.1. The molecule has 0 N–H and O–H groups in total. The third-order valence-corrected chi connectivity index (χ3v) is 1.90. The summed E-state index contributed by atoms with van der Waals surface area (Å²) in [5, 5.41) is 0. The van der Waals surface area contributed by atoms with Crippen LogP contribution in [0.15, 0.2) is 12.1 Å². The first-order valence-corrected chi connectivity index (χ1v) is 6.29. The molecule has 0 saturated carbocycles. The van der Waals surface area contributed by atoms with E-state index in [4.69, 9.17) is 0 Å². The van der Waals surface area contributed by atoms with Crippen LogP contribution >= 0.6 is 0 Å². The van der Waals surface area contributed by atoms with Crippen LogP contribution in [0.1, 0.15) is 45.9 Å². The van der Waals surface area contributed by atoms with Crippen molar-refractivity contribution in [2.24, 2.45) is 0 Å². The number of aryl methyl sites for hydroxylation is 2. The molecule has 1 aromatic heterocycles. The number of hydrogen-bond acceptors (Lipinski definition) is 2. The van der Waals surface area contributed by atoms with Gasteiger partial charge < -0.3 is 4.90 Å². The van der Waals surface area contributed by atoms with E-state index in [2.05, 4.69) is 28.9 Å². The number of rotatable bonds is 2. The second kappa shape index (κ2) is 10.5. The Kier molecular flexibility index (Phi) is 11.3. The van der Waals surface area contributed by atoms with Gasteiger partial charge in [0.25, 0.3) is 0 Å². The van der Waals surface area contributed by atoms with Crippen molar-refractivity contribution in [2.45, 2.75) is 48.0 Å². The molecule has 0 saturated heterocycles. The van der Waals surface area contributed by atoms with Gasteiger partial charge in [0, 0.05) is 19.8 Å². The molecule has 0 atom stereocenters. The third-order valence-electron chi connectivity index (χ3n) is 1.90. The summed E-state index contributed by atoms with van der Waals surface area (Å²) in [7, 11) is 4.06. The average Bonchev–Trinajstić information content (AvgIpc) is 2.34. The molecular formula is C14H28N2. The molecule has 0 unspecified atom stereocenters. The Hall–Kier alpha value is -1.05. The predicted molar refractivity (Wildman–Crippen MR) is 75.4 cm³/mol. The molecule has 0 aliphatic rings. The number of anilines is 1. The van der Waals surface area contributed by atoms with Crippen molar-refractivity contribution < 1.29 is 0 Å². The Morgan fingerprint density at radius 1 is 1.06 bits per heavy atom. The zero-order valence-electron chi connectivity index (χ0n) is 12.3. The summed E-state index contributed by atoms with van der Waals surface area (Å²) < 4.78 is 0. The van der Waals surface area contributed by atoms with Gasteiger partial charge in [0.2, 0.25) is 0 Å². The molecule has 1 aromatic rings. The quantitative estimate of drug-likeness (QED) is 0.752. The Morgan fingerprint density at radius 2 is 1.56 bits per heavy atom. The van der Waals surface area contributed by atoms with Crippen LogP contribution in [0, 0.1) is 6.92 Å². The van der Waals surface area contributed by atoms with E-state index in [1.807, 2.05) is 48.7 Å².